The lowest BCUT2D eigenvalue weighted by Crippen LogP contribution is -2.27. The number of carbonyl (C=O) groups excluding carboxylic acids is 1. The van der Waals surface area contributed by atoms with Crippen LogP contribution in [0.15, 0.2) is 50.2 Å². The van der Waals surface area contributed by atoms with Gasteiger partial charge in [-0.25, -0.2) is 4.79 Å². The molecule has 0 fully saturated rings. The van der Waals surface area contributed by atoms with E-state index in [-0.39, 0.29) is 17.7 Å². The summed E-state index contributed by atoms with van der Waals surface area (Å²) in [5, 5.41) is 4.63. The fourth-order valence-corrected chi connectivity index (χ4v) is 4.11. The first kappa shape index (κ1) is 23.4. The van der Waals surface area contributed by atoms with Gasteiger partial charge in [0.05, 0.1) is 32.5 Å². The van der Waals surface area contributed by atoms with Gasteiger partial charge in [0, 0.05) is 28.9 Å². The fraction of sp³-hybridized carbons (Fsp3) is 0.333. The van der Waals surface area contributed by atoms with Crippen LogP contribution < -0.4 is 20.4 Å². The third kappa shape index (κ3) is 4.38. The van der Waals surface area contributed by atoms with Crippen LogP contribution in [-0.4, -0.2) is 20.1 Å². The second-order valence-corrected chi connectivity index (χ2v) is 9.38. The number of hydrogen-bond donors (Lipinski definition) is 1. The Morgan fingerprint density at radius 2 is 1.74 bits per heavy atom. The molecular formula is C27H29NO6. The monoisotopic (exact) mass is 463 g/mol. The lowest BCUT2D eigenvalue weighted by atomic mass is 9.86. The summed E-state index contributed by atoms with van der Waals surface area (Å²) in [6.07, 6.45) is 1.67. The van der Waals surface area contributed by atoms with E-state index in [2.05, 4.69) is 26.1 Å². The van der Waals surface area contributed by atoms with Crippen molar-refractivity contribution in [3.8, 4) is 11.5 Å². The van der Waals surface area contributed by atoms with Crippen molar-refractivity contribution in [2.45, 2.75) is 46.1 Å². The molecule has 0 radical (unpaired) electrons. The van der Waals surface area contributed by atoms with Gasteiger partial charge < -0.3 is 23.6 Å². The van der Waals surface area contributed by atoms with Crippen LogP contribution in [0.2, 0.25) is 0 Å². The van der Waals surface area contributed by atoms with E-state index in [9.17, 15) is 9.59 Å². The van der Waals surface area contributed by atoms with Gasteiger partial charge in [0.15, 0.2) is 11.5 Å². The average molecular weight is 464 g/mol. The Hall–Kier alpha value is -3.74. The van der Waals surface area contributed by atoms with Crippen molar-refractivity contribution in [1.82, 2.24) is 5.32 Å². The average Bonchev–Trinajstić information content (AvgIpc) is 3.22. The van der Waals surface area contributed by atoms with Crippen molar-refractivity contribution in [3.63, 3.8) is 0 Å². The van der Waals surface area contributed by atoms with E-state index in [1.807, 2.05) is 19.1 Å². The van der Waals surface area contributed by atoms with E-state index < -0.39 is 5.63 Å². The summed E-state index contributed by atoms with van der Waals surface area (Å²) >= 11 is 0. The van der Waals surface area contributed by atoms with E-state index in [4.69, 9.17) is 18.3 Å². The molecule has 0 bridgehead atoms. The molecule has 34 heavy (non-hydrogen) atoms. The second kappa shape index (κ2) is 8.89. The number of fused-ring (bicyclic) bond motifs is 2. The summed E-state index contributed by atoms with van der Waals surface area (Å²) in [5.74, 6) is 0.924. The lowest BCUT2D eigenvalue weighted by molar-refractivity contribution is -0.120. The maximum absolute atomic E-state index is 12.7. The molecule has 0 unspecified atom stereocenters. The largest absolute Gasteiger partial charge is 0.493 e. The Labute approximate surface area is 197 Å². The molecule has 7 heteroatoms. The number of benzene rings is 2. The van der Waals surface area contributed by atoms with Crippen LogP contribution in [0.4, 0.5) is 0 Å². The molecule has 0 atom stereocenters. The number of aryl methyl sites for hydroxylation is 1. The SMILES string of the molecule is COc1ccc(CNC(=O)Cc2c(C)c3cc4c(C(C)(C)C)coc4cc3oc2=O)cc1OC. The number of ether oxygens (including phenoxy) is 2. The van der Waals surface area contributed by atoms with Crippen LogP contribution >= 0.6 is 0 Å². The summed E-state index contributed by atoms with van der Waals surface area (Å²) in [5.41, 5.74) is 3.49. The minimum atomic E-state index is -0.520. The molecule has 2 aromatic carbocycles. The molecule has 178 valence electrons. The molecule has 1 amide bonds. The topological polar surface area (TPSA) is 90.9 Å². The van der Waals surface area contributed by atoms with Gasteiger partial charge in [0.1, 0.15) is 11.2 Å². The normalized spacial score (nSPS) is 11.7. The Bertz CT molecular complexity index is 1440. The van der Waals surface area contributed by atoms with Crippen molar-refractivity contribution in [1.29, 1.82) is 0 Å². The molecule has 0 aliphatic rings. The number of amides is 1. The highest BCUT2D eigenvalue weighted by molar-refractivity contribution is 5.97. The first-order valence-corrected chi connectivity index (χ1v) is 11.1. The zero-order valence-electron chi connectivity index (χ0n) is 20.3. The number of nitrogens with one attached hydrogen (secondary N) is 1. The molecule has 0 spiro atoms. The Morgan fingerprint density at radius 3 is 2.41 bits per heavy atom. The molecule has 0 aliphatic carbocycles. The smallest absolute Gasteiger partial charge is 0.340 e. The van der Waals surface area contributed by atoms with Crippen LogP contribution in [0.3, 0.4) is 0 Å². The molecule has 7 nitrogen and oxygen atoms in total. The Kier molecular flexibility index (Phi) is 6.13. The molecule has 4 aromatic rings. The number of rotatable bonds is 6. The van der Waals surface area contributed by atoms with Gasteiger partial charge >= 0.3 is 5.63 Å². The highest BCUT2D eigenvalue weighted by Gasteiger charge is 2.22. The number of furan rings is 1. The molecule has 1 N–H and O–H groups in total. The zero-order chi connectivity index (χ0) is 24.6. The minimum absolute atomic E-state index is 0.0764. The second-order valence-electron chi connectivity index (χ2n) is 9.38. The zero-order valence-corrected chi connectivity index (χ0v) is 20.3. The van der Waals surface area contributed by atoms with E-state index in [1.54, 1.807) is 38.7 Å². The van der Waals surface area contributed by atoms with Gasteiger partial charge in [-0.05, 0) is 41.7 Å². The molecule has 0 aliphatic heterocycles. The standard InChI is InChI=1S/C27H29NO6/c1-15-17-10-19-20(27(2,3)4)14-33-22(19)12-23(17)34-26(30)18(15)11-25(29)28-13-16-7-8-21(31-5)24(9-16)32-6/h7-10,12,14H,11,13H2,1-6H3,(H,28,29). The molecule has 4 rings (SSSR count). The summed E-state index contributed by atoms with van der Waals surface area (Å²) in [7, 11) is 3.13. The van der Waals surface area contributed by atoms with Crippen LogP contribution in [0, 0.1) is 6.92 Å². The Morgan fingerprint density at radius 1 is 1.00 bits per heavy atom. The number of carbonyl (C=O) groups is 1. The Balaban J connectivity index is 1.60. The first-order valence-electron chi connectivity index (χ1n) is 11.1. The van der Waals surface area contributed by atoms with Gasteiger partial charge in [-0.15, -0.1) is 0 Å². The van der Waals surface area contributed by atoms with Crippen LogP contribution in [0.1, 0.15) is 43.0 Å². The number of methoxy groups -OCH3 is 2. The van der Waals surface area contributed by atoms with E-state index in [1.165, 1.54) is 0 Å². The highest BCUT2D eigenvalue weighted by atomic mass is 16.5. The van der Waals surface area contributed by atoms with Crippen molar-refractivity contribution in [2.24, 2.45) is 0 Å². The number of hydrogen-bond acceptors (Lipinski definition) is 6. The lowest BCUT2D eigenvalue weighted by Gasteiger charge is -2.16. The summed E-state index contributed by atoms with van der Waals surface area (Å²) < 4.78 is 21.8. The molecule has 0 saturated carbocycles. The van der Waals surface area contributed by atoms with Crippen LogP contribution in [0.25, 0.3) is 21.9 Å². The minimum Gasteiger partial charge on any atom is -0.493 e. The van der Waals surface area contributed by atoms with Gasteiger partial charge in [-0.3, -0.25) is 4.79 Å². The van der Waals surface area contributed by atoms with Crippen LogP contribution in [-0.2, 0) is 23.2 Å². The third-order valence-corrected chi connectivity index (χ3v) is 6.06. The van der Waals surface area contributed by atoms with Gasteiger partial charge in [-0.1, -0.05) is 26.8 Å². The molecule has 0 saturated heterocycles. The molecule has 2 aromatic heterocycles. The summed E-state index contributed by atoms with van der Waals surface area (Å²) in [4.78, 5) is 25.4. The van der Waals surface area contributed by atoms with Gasteiger partial charge in [0.2, 0.25) is 5.91 Å². The van der Waals surface area contributed by atoms with E-state index in [0.717, 1.165) is 27.5 Å². The predicted octanol–water partition coefficient (Wildman–Crippen LogP) is 5.02. The third-order valence-electron chi connectivity index (χ3n) is 6.06. The summed E-state index contributed by atoms with van der Waals surface area (Å²) in [6.45, 7) is 8.50. The summed E-state index contributed by atoms with van der Waals surface area (Å²) in [6, 6.07) is 9.16. The molecular weight excluding hydrogens is 434 g/mol. The van der Waals surface area contributed by atoms with Crippen LogP contribution in [0.5, 0.6) is 11.5 Å². The maximum Gasteiger partial charge on any atom is 0.340 e. The van der Waals surface area contributed by atoms with Crippen molar-refractivity contribution < 1.29 is 23.1 Å². The van der Waals surface area contributed by atoms with E-state index in [0.29, 0.717) is 34.8 Å². The van der Waals surface area contributed by atoms with E-state index >= 15 is 0 Å². The van der Waals surface area contributed by atoms with Gasteiger partial charge in [-0.2, -0.15) is 0 Å². The quantitative estimate of drug-likeness (QED) is 0.404. The van der Waals surface area contributed by atoms with Crippen molar-refractivity contribution in [3.05, 3.63) is 69.3 Å². The van der Waals surface area contributed by atoms with Crippen molar-refractivity contribution >= 4 is 27.8 Å². The highest BCUT2D eigenvalue weighted by Crippen LogP contribution is 2.35. The molecule has 2 heterocycles. The predicted molar refractivity (Wildman–Crippen MR) is 131 cm³/mol. The van der Waals surface area contributed by atoms with Gasteiger partial charge in [0.25, 0.3) is 0 Å². The maximum atomic E-state index is 12.7. The first-order chi connectivity index (χ1) is 16.1. The fourth-order valence-electron chi connectivity index (χ4n) is 4.11. The van der Waals surface area contributed by atoms with Crippen molar-refractivity contribution in [2.75, 3.05) is 14.2 Å².